The molecule has 1 saturated heterocycles. The first-order valence-corrected chi connectivity index (χ1v) is 6.86. The van der Waals surface area contributed by atoms with Crippen molar-refractivity contribution in [1.82, 2.24) is 9.80 Å². The maximum Gasteiger partial charge on any atom is 0.292 e. The number of rotatable bonds is 2. The number of piperazine rings is 1. The topological polar surface area (TPSA) is 92.7 Å². The number of carbonyl (C=O) groups is 1. The van der Waals surface area contributed by atoms with Gasteiger partial charge in [0.2, 0.25) is 0 Å². The van der Waals surface area contributed by atoms with Gasteiger partial charge in [-0.05, 0) is 33.0 Å². The smallest absolute Gasteiger partial charge is 0.292 e. The Hall–Kier alpha value is -2.15. The van der Waals surface area contributed by atoms with Crippen molar-refractivity contribution in [3.8, 4) is 0 Å². The number of nitrogens with zero attached hydrogens (tertiary/aromatic N) is 3. The first-order valence-electron chi connectivity index (χ1n) is 6.86. The van der Waals surface area contributed by atoms with E-state index in [2.05, 4.69) is 18.7 Å². The van der Waals surface area contributed by atoms with Crippen molar-refractivity contribution in [1.29, 1.82) is 0 Å². The van der Waals surface area contributed by atoms with Gasteiger partial charge in [0, 0.05) is 36.8 Å². The molecule has 0 saturated carbocycles. The number of likely N-dealkylation sites (N-methyl/N-ethyl adjacent to an activating group) is 1. The highest BCUT2D eigenvalue weighted by Crippen LogP contribution is 2.24. The normalized spacial score (nSPS) is 23.1. The summed E-state index contributed by atoms with van der Waals surface area (Å²) < 4.78 is 0. The fraction of sp³-hybridized carbons (Fsp3) is 0.500. The van der Waals surface area contributed by atoms with Gasteiger partial charge in [0.15, 0.2) is 0 Å². The summed E-state index contributed by atoms with van der Waals surface area (Å²) in [6.07, 6.45) is 0. The van der Waals surface area contributed by atoms with Crippen LogP contribution >= 0.6 is 0 Å². The molecule has 1 aromatic carbocycles. The van der Waals surface area contributed by atoms with Crippen LogP contribution in [0.3, 0.4) is 0 Å². The number of nitro groups is 1. The highest BCUT2D eigenvalue weighted by molar-refractivity contribution is 5.95. The number of carbonyl (C=O) groups excluding carboxylic acids is 1. The molecule has 0 radical (unpaired) electrons. The summed E-state index contributed by atoms with van der Waals surface area (Å²) in [6, 6.07) is 4.67. The molecule has 0 bridgehead atoms. The van der Waals surface area contributed by atoms with Crippen molar-refractivity contribution in [2.75, 3.05) is 25.9 Å². The van der Waals surface area contributed by atoms with E-state index in [4.69, 9.17) is 5.73 Å². The van der Waals surface area contributed by atoms with Gasteiger partial charge in [0.25, 0.3) is 11.6 Å². The molecule has 1 aliphatic heterocycles. The zero-order valence-corrected chi connectivity index (χ0v) is 12.4. The number of anilines is 1. The highest BCUT2D eigenvalue weighted by atomic mass is 16.6. The second-order valence-electron chi connectivity index (χ2n) is 5.60. The van der Waals surface area contributed by atoms with Gasteiger partial charge in [0.1, 0.15) is 5.69 Å². The molecule has 1 aromatic rings. The van der Waals surface area contributed by atoms with E-state index < -0.39 is 4.92 Å². The molecule has 1 aliphatic rings. The van der Waals surface area contributed by atoms with E-state index in [0.717, 1.165) is 0 Å². The van der Waals surface area contributed by atoms with Gasteiger partial charge in [-0.3, -0.25) is 19.8 Å². The Kier molecular flexibility index (Phi) is 4.13. The van der Waals surface area contributed by atoms with Gasteiger partial charge in [0.05, 0.1) is 4.92 Å². The molecule has 0 spiro atoms. The van der Waals surface area contributed by atoms with E-state index in [1.807, 2.05) is 7.05 Å². The lowest BCUT2D eigenvalue weighted by Crippen LogP contribution is -2.56. The second-order valence-corrected chi connectivity index (χ2v) is 5.60. The van der Waals surface area contributed by atoms with Gasteiger partial charge in [-0.15, -0.1) is 0 Å². The number of benzene rings is 1. The van der Waals surface area contributed by atoms with Crippen LogP contribution in [0.5, 0.6) is 0 Å². The summed E-state index contributed by atoms with van der Waals surface area (Å²) in [4.78, 5) is 26.7. The first-order chi connectivity index (χ1) is 9.81. The number of amides is 1. The third-order valence-corrected chi connectivity index (χ3v) is 4.12. The monoisotopic (exact) mass is 292 g/mol. The minimum absolute atomic E-state index is 0.0149. The predicted octanol–water partition coefficient (Wildman–Crippen LogP) is 1.34. The van der Waals surface area contributed by atoms with E-state index in [1.54, 1.807) is 4.90 Å². The van der Waals surface area contributed by atoms with Crippen LogP contribution < -0.4 is 5.73 Å². The molecule has 0 aliphatic carbocycles. The Morgan fingerprint density at radius 1 is 1.33 bits per heavy atom. The van der Waals surface area contributed by atoms with Crippen molar-refractivity contribution in [3.05, 3.63) is 33.9 Å². The van der Waals surface area contributed by atoms with Crippen LogP contribution in [0, 0.1) is 10.1 Å². The Morgan fingerprint density at radius 3 is 2.38 bits per heavy atom. The number of nitrogen functional groups attached to an aromatic ring is 1. The third-order valence-electron chi connectivity index (χ3n) is 4.12. The highest BCUT2D eigenvalue weighted by Gasteiger charge is 2.30. The molecule has 1 heterocycles. The molecule has 0 aromatic heterocycles. The van der Waals surface area contributed by atoms with E-state index in [1.165, 1.54) is 18.2 Å². The molecule has 2 N–H and O–H groups in total. The van der Waals surface area contributed by atoms with Crippen LogP contribution in [0.2, 0.25) is 0 Å². The Morgan fingerprint density at radius 2 is 1.90 bits per heavy atom. The van der Waals surface area contributed by atoms with Gasteiger partial charge < -0.3 is 10.6 Å². The number of nitro benzene ring substituents is 1. The maximum absolute atomic E-state index is 12.5. The van der Waals surface area contributed by atoms with Crippen LogP contribution in [0.4, 0.5) is 11.4 Å². The van der Waals surface area contributed by atoms with E-state index in [9.17, 15) is 14.9 Å². The lowest BCUT2D eigenvalue weighted by molar-refractivity contribution is -0.383. The Balaban J connectivity index is 2.21. The predicted molar refractivity (Wildman–Crippen MR) is 80.1 cm³/mol. The third kappa shape index (κ3) is 2.97. The molecule has 114 valence electrons. The number of hydrogen-bond donors (Lipinski definition) is 1. The van der Waals surface area contributed by atoms with Crippen molar-refractivity contribution in [3.63, 3.8) is 0 Å². The maximum atomic E-state index is 12.5. The fourth-order valence-corrected chi connectivity index (χ4v) is 2.61. The van der Waals surface area contributed by atoms with Crippen LogP contribution in [0.25, 0.3) is 0 Å². The molecule has 7 nitrogen and oxygen atoms in total. The van der Waals surface area contributed by atoms with Gasteiger partial charge in [-0.2, -0.15) is 0 Å². The van der Waals surface area contributed by atoms with E-state index >= 15 is 0 Å². The molecule has 2 atom stereocenters. The summed E-state index contributed by atoms with van der Waals surface area (Å²) in [5.41, 5.74) is 5.88. The summed E-state index contributed by atoms with van der Waals surface area (Å²) in [5, 5.41) is 10.8. The summed E-state index contributed by atoms with van der Waals surface area (Å²) in [6.45, 7) is 5.41. The zero-order chi connectivity index (χ0) is 15.7. The average Bonchev–Trinajstić information content (AvgIpc) is 2.42. The Bertz CT molecular complexity index is 563. The zero-order valence-electron chi connectivity index (χ0n) is 12.4. The average molecular weight is 292 g/mol. The van der Waals surface area contributed by atoms with Crippen molar-refractivity contribution >= 4 is 17.3 Å². The molecule has 2 unspecified atom stereocenters. The fourth-order valence-electron chi connectivity index (χ4n) is 2.61. The van der Waals surface area contributed by atoms with Crippen LogP contribution in [-0.2, 0) is 0 Å². The van der Waals surface area contributed by atoms with E-state index in [0.29, 0.717) is 18.7 Å². The molecular formula is C14H20N4O3. The minimum Gasteiger partial charge on any atom is -0.393 e. The lowest BCUT2D eigenvalue weighted by atomic mass is 10.1. The van der Waals surface area contributed by atoms with Crippen LogP contribution in [0.1, 0.15) is 24.2 Å². The summed E-state index contributed by atoms with van der Waals surface area (Å²) in [5.74, 6) is -0.136. The standard InChI is InChI=1S/C14H20N4O3/c1-9-7-17(8-10(2)16(9)3)14(19)11-4-5-13(18(20)21)12(15)6-11/h4-6,9-10H,7-8,15H2,1-3H3. The SMILES string of the molecule is CC1CN(C(=O)c2ccc([N+](=O)[O-])c(N)c2)CC(C)N1C. The van der Waals surface area contributed by atoms with Crippen molar-refractivity contribution < 1.29 is 9.72 Å². The van der Waals surface area contributed by atoms with Crippen LogP contribution in [0.15, 0.2) is 18.2 Å². The molecule has 2 rings (SSSR count). The van der Waals surface area contributed by atoms with Crippen LogP contribution in [-0.4, -0.2) is 52.9 Å². The number of hydrogen-bond acceptors (Lipinski definition) is 5. The van der Waals surface area contributed by atoms with Gasteiger partial charge in [-0.25, -0.2) is 0 Å². The molecule has 1 amide bonds. The lowest BCUT2D eigenvalue weighted by Gasteiger charge is -2.42. The number of nitrogens with two attached hydrogens (primary N) is 1. The summed E-state index contributed by atoms with van der Waals surface area (Å²) in [7, 11) is 2.04. The van der Waals surface area contributed by atoms with Gasteiger partial charge in [-0.1, -0.05) is 0 Å². The largest absolute Gasteiger partial charge is 0.393 e. The van der Waals surface area contributed by atoms with Crippen molar-refractivity contribution in [2.45, 2.75) is 25.9 Å². The quantitative estimate of drug-likeness (QED) is 0.504. The van der Waals surface area contributed by atoms with Crippen molar-refractivity contribution in [2.24, 2.45) is 0 Å². The second kappa shape index (κ2) is 5.69. The molecule has 7 heteroatoms. The van der Waals surface area contributed by atoms with Gasteiger partial charge >= 0.3 is 0 Å². The minimum atomic E-state index is -0.552. The van der Waals surface area contributed by atoms with E-state index in [-0.39, 0.29) is 29.4 Å². The molecular weight excluding hydrogens is 272 g/mol. The molecule has 1 fully saturated rings. The molecule has 21 heavy (non-hydrogen) atoms. The first kappa shape index (κ1) is 15.2. The summed E-state index contributed by atoms with van der Waals surface area (Å²) >= 11 is 0. The Labute approximate surface area is 123 Å².